The number of nitrogens with two attached hydrogens (primary N) is 1. The SMILES string of the molecule is CN(Cc1cccc(OC(F)(F)F)c1)CC(C)(C)N.Cl. The summed E-state index contributed by atoms with van der Waals surface area (Å²) in [5.41, 5.74) is 6.28. The van der Waals surface area contributed by atoms with Crippen LogP contribution < -0.4 is 10.5 Å². The quantitative estimate of drug-likeness (QED) is 0.907. The molecule has 1 rings (SSSR count). The van der Waals surface area contributed by atoms with Gasteiger partial charge in [-0.05, 0) is 38.6 Å². The van der Waals surface area contributed by atoms with Crippen molar-refractivity contribution < 1.29 is 17.9 Å². The van der Waals surface area contributed by atoms with Crippen molar-refractivity contribution in [2.45, 2.75) is 32.3 Å². The first-order chi connectivity index (χ1) is 8.55. The minimum Gasteiger partial charge on any atom is -0.406 e. The van der Waals surface area contributed by atoms with Gasteiger partial charge in [-0.1, -0.05) is 12.1 Å². The molecule has 0 aliphatic carbocycles. The number of nitrogens with zero attached hydrogens (tertiary/aromatic N) is 1. The molecule has 0 aliphatic heterocycles. The molecule has 7 heteroatoms. The first kappa shape index (κ1) is 19.0. The van der Waals surface area contributed by atoms with Crippen LogP contribution in [-0.2, 0) is 6.54 Å². The lowest BCUT2D eigenvalue weighted by Gasteiger charge is -2.26. The van der Waals surface area contributed by atoms with Gasteiger partial charge in [-0.2, -0.15) is 0 Å². The van der Waals surface area contributed by atoms with Gasteiger partial charge in [0.15, 0.2) is 0 Å². The van der Waals surface area contributed by atoms with Crippen LogP contribution in [0.1, 0.15) is 19.4 Å². The van der Waals surface area contributed by atoms with Gasteiger partial charge >= 0.3 is 6.36 Å². The Morgan fingerprint density at radius 3 is 2.35 bits per heavy atom. The van der Waals surface area contributed by atoms with Gasteiger partial charge in [0.2, 0.25) is 0 Å². The third-order valence-corrected chi connectivity index (χ3v) is 2.26. The second-order valence-electron chi connectivity index (χ2n) is 5.36. The molecule has 1 aromatic rings. The normalized spacial score (nSPS) is 12.2. The summed E-state index contributed by atoms with van der Waals surface area (Å²) in [5, 5.41) is 0. The zero-order valence-corrected chi connectivity index (χ0v) is 12.5. The number of alkyl halides is 3. The van der Waals surface area contributed by atoms with E-state index in [1.54, 1.807) is 6.07 Å². The zero-order chi connectivity index (χ0) is 14.7. The molecular weight excluding hydrogens is 293 g/mol. The van der Waals surface area contributed by atoms with Gasteiger partial charge in [0.05, 0.1) is 0 Å². The van der Waals surface area contributed by atoms with Gasteiger partial charge in [-0.15, -0.1) is 25.6 Å². The van der Waals surface area contributed by atoms with Crippen molar-refractivity contribution in [3.8, 4) is 5.75 Å². The molecule has 116 valence electrons. The van der Waals surface area contributed by atoms with Crippen LogP contribution >= 0.6 is 12.4 Å². The van der Waals surface area contributed by atoms with Crippen molar-refractivity contribution in [3.05, 3.63) is 29.8 Å². The second-order valence-corrected chi connectivity index (χ2v) is 5.36. The summed E-state index contributed by atoms with van der Waals surface area (Å²) in [4.78, 5) is 1.95. The Bertz CT molecular complexity index is 419. The molecule has 0 radical (unpaired) electrons. The molecule has 0 bridgehead atoms. The lowest BCUT2D eigenvalue weighted by molar-refractivity contribution is -0.274. The Morgan fingerprint density at radius 2 is 1.85 bits per heavy atom. The summed E-state index contributed by atoms with van der Waals surface area (Å²) in [7, 11) is 1.87. The number of rotatable bonds is 5. The summed E-state index contributed by atoms with van der Waals surface area (Å²) in [6, 6.07) is 5.96. The Hall–Kier alpha value is -0.980. The molecule has 2 N–H and O–H groups in total. The van der Waals surface area contributed by atoms with Crippen molar-refractivity contribution in [2.24, 2.45) is 5.73 Å². The van der Waals surface area contributed by atoms with Crippen LogP contribution in [0.4, 0.5) is 13.2 Å². The molecule has 0 aliphatic rings. The van der Waals surface area contributed by atoms with Gasteiger partial charge in [-0.3, -0.25) is 0 Å². The summed E-state index contributed by atoms with van der Waals surface area (Å²) < 4.78 is 40.2. The zero-order valence-electron chi connectivity index (χ0n) is 11.7. The fourth-order valence-corrected chi connectivity index (χ4v) is 1.90. The highest BCUT2D eigenvalue weighted by molar-refractivity contribution is 5.85. The van der Waals surface area contributed by atoms with Gasteiger partial charge in [0.25, 0.3) is 0 Å². The smallest absolute Gasteiger partial charge is 0.406 e. The number of hydrogen-bond acceptors (Lipinski definition) is 3. The molecule has 0 unspecified atom stereocenters. The van der Waals surface area contributed by atoms with Crippen molar-refractivity contribution >= 4 is 12.4 Å². The summed E-state index contributed by atoms with van der Waals surface area (Å²) in [5.74, 6) is -0.203. The standard InChI is InChI=1S/C13H19F3N2O.ClH/c1-12(2,17)9-18(3)8-10-5-4-6-11(7-10)19-13(14,15)16;/h4-7H,8-9,17H2,1-3H3;1H. The Morgan fingerprint density at radius 1 is 1.25 bits per heavy atom. The fourth-order valence-electron chi connectivity index (χ4n) is 1.90. The monoisotopic (exact) mass is 312 g/mol. The first-order valence-corrected chi connectivity index (χ1v) is 5.87. The van der Waals surface area contributed by atoms with Crippen LogP contribution in [0.2, 0.25) is 0 Å². The van der Waals surface area contributed by atoms with E-state index in [1.165, 1.54) is 18.2 Å². The third-order valence-electron chi connectivity index (χ3n) is 2.26. The molecule has 0 aromatic heterocycles. The molecule has 0 amide bonds. The molecule has 0 heterocycles. The lowest BCUT2D eigenvalue weighted by Crippen LogP contribution is -2.43. The van der Waals surface area contributed by atoms with Crippen molar-refractivity contribution in [1.82, 2.24) is 4.90 Å². The molecule has 0 saturated heterocycles. The minimum absolute atomic E-state index is 0. The van der Waals surface area contributed by atoms with Crippen LogP contribution in [-0.4, -0.2) is 30.4 Å². The average molecular weight is 313 g/mol. The third kappa shape index (κ3) is 8.24. The van der Waals surface area contributed by atoms with E-state index in [2.05, 4.69) is 4.74 Å². The van der Waals surface area contributed by atoms with Crippen molar-refractivity contribution in [1.29, 1.82) is 0 Å². The van der Waals surface area contributed by atoms with E-state index < -0.39 is 6.36 Å². The Labute approximate surface area is 123 Å². The first-order valence-electron chi connectivity index (χ1n) is 5.87. The van der Waals surface area contributed by atoms with Crippen LogP contribution in [0.3, 0.4) is 0 Å². The highest BCUT2D eigenvalue weighted by Gasteiger charge is 2.31. The highest BCUT2D eigenvalue weighted by atomic mass is 35.5. The van der Waals surface area contributed by atoms with E-state index in [4.69, 9.17) is 5.73 Å². The van der Waals surface area contributed by atoms with E-state index >= 15 is 0 Å². The summed E-state index contributed by atoms with van der Waals surface area (Å²) in [6.07, 6.45) is -4.66. The van der Waals surface area contributed by atoms with E-state index in [9.17, 15) is 13.2 Å². The van der Waals surface area contributed by atoms with Crippen LogP contribution in [0.15, 0.2) is 24.3 Å². The molecule has 0 fully saturated rings. The van der Waals surface area contributed by atoms with Crippen molar-refractivity contribution in [2.75, 3.05) is 13.6 Å². The highest BCUT2D eigenvalue weighted by Crippen LogP contribution is 2.23. The average Bonchev–Trinajstić information content (AvgIpc) is 2.11. The Balaban J connectivity index is 0.00000361. The second kappa shape index (κ2) is 7.15. The minimum atomic E-state index is -4.66. The van der Waals surface area contributed by atoms with E-state index in [0.717, 1.165) is 5.56 Å². The van der Waals surface area contributed by atoms with Gasteiger partial charge in [0, 0.05) is 18.6 Å². The largest absolute Gasteiger partial charge is 0.573 e. The van der Waals surface area contributed by atoms with Crippen LogP contribution in [0, 0.1) is 0 Å². The number of hydrogen-bond donors (Lipinski definition) is 1. The molecule has 0 saturated carbocycles. The van der Waals surface area contributed by atoms with Gasteiger partial charge in [0.1, 0.15) is 5.75 Å². The van der Waals surface area contributed by atoms with Crippen LogP contribution in [0.25, 0.3) is 0 Å². The van der Waals surface area contributed by atoms with Gasteiger partial charge in [-0.25, -0.2) is 0 Å². The number of likely N-dealkylation sites (N-methyl/N-ethyl adjacent to an activating group) is 1. The van der Waals surface area contributed by atoms with E-state index in [1.807, 2.05) is 25.8 Å². The molecule has 20 heavy (non-hydrogen) atoms. The topological polar surface area (TPSA) is 38.5 Å². The number of ether oxygens (including phenoxy) is 1. The lowest BCUT2D eigenvalue weighted by atomic mass is 10.1. The fraction of sp³-hybridized carbons (Fsp3) is 0.538. The number of benzene rings is 1. The molecule has 0 atom stereocenters. The van der Waals surface area contributed by atoms with Gasteiger partial charge < -0.3 is 15.4 Å². The number of halogens is 4. The van der Waals surface area contributed by atoms with Crippen molar-refractivity contribution in [3.63, 3.8) is 0 Å². The predicted octanol–water partition coefficient (Wildman–Crippen LogP) is 3.18. The maximum absolute atomic E-state index is 12.1. The molecular formula is C13H20ClF3N2O. The maximum atomic E-state index is 12.1. The summed E-state index contributed by atoms with van der Waals surface area (Å²) >= 11 is 0. The van der Waals surface area contributed by atoms with E-state index in [-0.39, 0.29) is 23.7 Å². The molecule has 0 spiro atoms. The maximum Gasteiger partial charge on any atom is 0.573 e. The summed E-state index contributed by atoms with van der Waals surface area (Å²) in [6.45, 7) is 4.94. The predicted molar refractivity (Wildman–Crippen MR) is 75.0 cm³/mol. The van der Waals surface area contributed by atoms with E-state index in [0.29, 0.717) is 13.1 Å². The Kier molecular flexibility index (Phi) is 6.80. The van der Waals surface area contributed by atoms with Crippen LogP contribution in [0.5, 0.6) is 5.75 Å². The molecule has 1 aromatic carbocycles. The molecule has 3 nitrogen and oxygen atoms in total.